The lowest BCUT2D eigenvalue weighted by Gasteiger charge is -2.10. The van der Waals surface area contributed by atoms with Gasteiger partial charge >= 0.3 is 0 Å². The number of imidazole rings is 1. The second-order valence-electron chi connectivity index (χ2n) is 4.26. The largest absolute Gasteiger partial charge is 0.380 e. The van der Waals surface area contributed by atoms with Crippen molar-refractivity contribution >= 4 is 0 Å². The Balaban J connectivity index is 1.92. The van der Waals surface area contributed by atoms with E-state index in [1.165, 1.54) is 11.1 Å². The first-order chi connectivity index (χ1) is 8.81. The van der Waals surface area contributed by atoms with Crippen molar-refractivity contribution in [2.24, 2.45) is 7.05 Å². The molecule has 0 unspecified atom stereocenters. The van der Waals surface area contributed by atoms with Crippen LogP contribution in [0.15, 0.2) is 36.7 Å². The van der Waals surface area contributed by atoms with Crippen LogP contribution in [0.5, 0.6) is 0 Å². The SMILES string of the molecule is COCc1ccccc1CNCc1nccn1C. The van der Waals surface area contributed by atoms with Gasteiger partial charge in [-0.15, -0.1) is 0 Å². The van der Waals surface area contributed by atoms with Crippen LogP contribution in [0, 0.1) is 0 Å². The average molecular weight is 245 g/mol. The minimum Gasteiger partial charge on any atom is -0.380 e. The van der Waals surface area contributed by atoms with Gasteiger partial charge < -0.3 is 14.6 Å². The van der Waals surface area contributed by atoms with E-state index in [0.29, 0.717) is 6.61 Å². The molecule has 4 nitrogen and oxygen atoms in total. The fraction of sp³-hybridized carbons (Fsp3) is 0.357. The number of methoxy groups -OCH3 is 1. The standard InChI is InChI=1S/C14H19N3O/c1-17-8-7-16-14(17)10-15-9-12-5-3-4-6-13(12)11-18-2/h3-8,15H,9-11H2,1-2H3. The summed E-state index contributed by atoms with van der Waals surface area (Å²) in [6.07, 6.45) is 3.77. The lowest BCUT2D eigenvalue weighted by Crippen LogP contribution is -2.16. The van der Waals surface area contributed by atoms with Gasteiger partial charge in [0.25, 0.3) is 0 Å². The maximum atomic E-state index is 5.20. The molecule has 0 amide bonds. The summed E-state index contributed by atoms with van der Waals surface area (Å²) in [4.78, 5) is 4.28. The molecule has 4 heteroatoms. The Morgan fingerprint density at radius 2 is 2.00 bits per heavy atom. The Morgan fingerprint density at radius 3 is 2.67 bits per heavy atom. The summed E-state index contributed by atoms with van der Waals surface area (Å²) >= 11 is 0. The van der Waals surface area contributed by atoms with Crippen molar-refractivity contribution < 1.29 is 4.74 Å². The molecule has 0 aliphatic heterocycles. The Hall–Kier alpha value is -1.65. The van der Waals surface area contributed by atoms with Gasteiger partial charge in [0.2, 0.25) is 0 Å². The van der Waals surface area contributed by atoms with Gasteiger partial charge in [0.05, 0.1) is 13.2 Å². The number of benzene rings is 1. The van der Waals surface area contributed by atoms with E-state index in [9.17, 15) is 0 Å². The monoisotopic (exact) mass is 245 g/mol. The molecule has 0 aliphatic carbocycles. The topological polar surface area (TPSA) is 39.1 Å². The molecule has 0 aliphatic rings. The van der Waals surface area contributed by atoms with Crippen LogP contribution < -0.4 is 5.32 Å². The van der Waals surface area contributed by atoms with Crippen molar-refractivity contribution in [3.05, 3.63) is 53.6 Å². The van der Waals surface area contributed by atoms with E-state index in [1.54, 1.807) is 7.11 Å². The van der Waals surface area contributed by atoms with Crippen molar-refractivity contribution in [2.45, 2.75) is 19.7 Å². The minimum atomic E-state index is 0.653. The quantitative estimate of drug-likeness (QED) is 0.844. The number of aryl methyl sites for hydroxylation is 1. The predicted molar refractivity (Wildman–Crippen MR) is 70.9 cm³/mol. The maximum absolute atomic E-state index is 5.20. The smallest absolute Gasteiger partial charge is 0.122 e. The van der Waals surface area contributed by atoms with Gasteiger partial charge in [-0.05, 0) is 11.1 Å². The van der Waals surface area contributed by atoms with Gasteiger partial charge in [0.15, 0.2) is 0 Å². The van der Waals surface area contributed by atoms with Crippen LogP contribution in [-0.4, -0.2) is 16.7 Å². The highest BCUT2D eigenvalue weighted by atomic mass is 16.5. The number of hydrogen-bond acceptors (Lipinski definition) is 3. The molecule has 2 rings (SSSR count). The van der Waals surface area contributed by atoms with Crippen molar-refractivity contribution in [1.29, 1.82) is 0 Å². The average Bonchev–Trinajstić information content (AvgIpc) is 2.78. The zero-order chi connectivity index (χ0) is 12.8. The van der Waals surface area contributed by atoms with Crippen LogP contribution in [-0.2, 0) is 31.5 Å². The molecule has 0 atom stereocenters. The number of nitrogens with one attached hydrogen (secondary N) is 1. The molecule has 0 saturated heterocycles. The molecule has 1 aromatic carbocycles. The van der Waals surface area contributed by atoms with Crippen molar-refractivity contribution in [2.75, 3.05) is 7.11 Å². The molecule has 1 aromatic heterocycles. The summed E-state index contributed by atoms with van der Waals surface area (Å²) in [5.41, 5.74) is 2.50. The molecule has 0 spiro atoms. The number of hydrogen-bond donors (Lipinski definition) is 1. The Labute approximate surface area is 108 Å². The highest BCUT2D eigenvalue weighted by Gasteiger charge is 2.02. The third kappa shape index (κ3) is 3.18. The lowest BCUT2D eigenvalue weighted by molar-refractivity contribution is 0.184. The first kappa shape index (κ1) is 12.8. The van der Waals surface area contributed by atoms with Crippen molar-refractivity contribution in [3.8, 4) is 0 Å². The molecule has 0 radical (unpaired) electrons. The first-order valence-electron chi connectivity index (χ1n) is 6.04. The van der Waals surface area contributed by atoms with E-state index in [1.807, 2.05) is 30.1 Å². The summed E-state index contributed by atoms with van der Waals surface area (Å²) in [6, 6.07) is 8.31. The van der Waals surface area contributed by atoms with Crippen molar-refractivity contribution in [1.82, 2.24) is 14.9 Å². The Bertz CT molecular complexity index is 493. The molecule has 1 heterocycles. The molecule has 0 bridgehead atoms. The molecule has 18 heavy (non-hydrogen) atoms. The highest BCUT2D eigenvalue weighted by molar-refractivity contribution is 5.26. The Kier molecular flexibility index (Phi) is 4.50. The van der Waals surface area contributed by atoms with E-state index >= 15 is 0 Å². The van der Waals surface area contributed by atoms with E-state index in [0.717, 1.165) is 18.9 Å². The first-order valence-corrected chi connectivity index (χ1v) is 6.04. The van der Waals surface area contributed by atoms with Crippen molar-refractivity contribution in [3.63, 3.8) is 0 Å². The fourth-order valence-electron chi connectivity index (χ4n) is 1.90. The molecule has 2 aromatic rings. The van der Waals surface area contributed by atoms with Gasteiger partial charge in [0, 0.05) is 33.1 Å². The van der Waals surface area contributed by atoms with Gasteiger partial charge in [0.1, 0.15) is 5.82 Å². The van der Waals surface area contributed by atoms with Crippen LogP contribution in [0.3, 0.4) is 0 Å². The highest BCUT2D eigenvalue weighted by Crippen LogP contribution is 2.09. The molecular formula is C14H19N3O. The van der Waals surface area contributed by atoms with E-state index < -0.39 is 0 Å². The van der Waals surface area contributed by atoms with Crippen LogP contribution in [0.4, 0.5) is 0 Å². The number of ether oxygens (including phenoxy) is 1. The summed E-state index contributed by atoms with van der Waals surface area (Å²) in [5.74, 6) is 1.04. The molecule has 1 N–H and O–H groups in total. The second-order valence-corrected chi connectivity index (χ2v) is 4.26. The van der Waals surface area contributed by atoms with Gasteiger partial charge in [-0.25, -0.2) is 4.98 Å². The molecule has 0 fully saturated rings. The Morgan fingerprint density at radius 1 is 1.22 bits per heavy atom. The molecular weight excluding hydrogens is 226 g/mol. The van der Waals surface area contributed by atoms with E-state index in [4.69, 9.17) is 4.74 Å². The summed E-state index contributed by atoms with van der Waals surface area (Å²) in [5, 5.41) is 3.40. The summed E-state index contributed by atoms with van der Waals surface area (Å²) in [7, 11) is 3.72. The maximum Gasteiger partial charge on any atom is 0.122 e. The second kappa shape index (κ2) is 6.33. The zero-order valence-corrected chi connectivity index (χ0v) is 10.9. The van der Waals surface area contributed by atoms with Gasteiger partial charge in [-0.3, -0.25) is 0 Å². The number of aromatic nitrogens is 2. The molecule has 96 valence electrons. The van der Waals surface area contributed by atoms with Crippen LogP contribution in [0.1, 0.15) is 17.0 Å². The van der Waals surface area contributed by atoms with Gasteiger partial charge in [-0.2, -0.15) is 0 Å². The molecule has 0 saturated carbocycles. The predicted octanol–water partition coefficient (Wildman–Crippen LogP) is 1.86. The normalized spacial score (nSPS) is 10.8. The fourth-order valence-corrected chi connectivity index (χ4v) is 1.90. The number of rotatable bonds is 6. The summed E-state index contributed by atoms with van der Waals surface area (Å²) in [6.45, 7) is 2.25. The lowest BCUT2D eigenvalue weighted by atomic mass is 10.1. The minimum absolute atomic E-state index is 0.653. The summed E-state index contributed by atoms with van der Waals surface area (Å²) < 4.78 is 7.22. The van der Waals surface area contributed by atoms with Crippen LogP contribution >= 0.6 is 0 Å². The van der Waals surface area contributed by atoms with Gasteiger partial charge in [-0.1, -0.05) is 24.3 Å². The third-order valence-corrected chi connectivity index (χ3v) is 2.94. The van der Waals surface area contributed by atoms with E-state index in [2.05, 4.69) is 28.5 Å². The zero-order valence-electron chi connectivity index (χ0n) is 10.9. The van der Waals surface area contributed by atoms with E-state index in [-0.39, 0.29) is 0 Å². The van der Waals surface area contributed by atoms with Crippen LogP contribution in [0.25, 0.3) is 0 Å². The third-order valence-electron chi connectivity index (χ3n) is 2.94. The number of nitrogens with zero attached hydrogens (tertiary/aromatic N) is 2. The van der Waals surface area contributed by atoms with Crippen LogP contribution in [0.2, 0.25) is 0 Å².